The zero-order chi connectivity index (χ0) is 16.2. The van der Waals surface area contributed by atoms with Crippen LogP contribution in [-0.2, 0) is 7.05 Å². The molecule has 0 aliphatic heterocycles. The first-order valence-electron chi connectivity index (χ1n) is 6.97. The average Bonchev–Trinajstić information content (AvgIpc) is 3.22. The lowest BCUT2D eigenvalue weighted by atomic mass is 10.2. The van der Waals surface area contributed by atoms with Gasteiger partial charge >= 0.3 is 0 Å². The number of rotatable bonds is 5. The predicted octanol–water partition coefficient (Wildman–Crippen LogP) is 3.45. The summed E-state index contributed by atoms with van der Waals surface area (Å²) < 4.78 is 6.83. The van der Waals surface area contributed by atoms with E-state index in [0.717, 1.165) is 22.0 Å². The zero-order valence-corrected chi connectivity index (χ0v) is 13.6. The van der Waals surface area contributed by atoms with Crippen molar-refractivity contribution < 1.29 is 9.53 Å². The fraction of sp³-hybridized carbons (Fsp3) is 0.118. The van der Waals surface area contributed by atoms with E-state index in [0.29, 0.717) is 5.56 Å². The highest BCUT2D eigenvalue weighted by Crippen LogP contribution is 2.27. The maximum absolute atomic E-state index is 12.0. The van der Waals surface area contributed by atoms with Crippen molar-refractivity contribution in [3.63, 3.8) is 0 Å². The minimum atomic E-state index is -0.0889. The van der Waals surface area contributed by atoms with Crippen molar-refractivity contribution in [3.05, 3.63) is 59.4 Å². The largest absolute Gasteiger partial charge is 0.497 e. The van der Waals surface area contributed by atoms with Crippen LogP contribution in [0.25, 0.3) is 16.6 Å². The van der Waals surface area contributed by atoms with Crippen LogP contribution in [0.15, 0.2) is 48.1 Å². The van der Waals surface area contributed by atoms with Crippen molar-refractivity contribution >= 4 is 23.2 Å². The number of aromatic nitrogens is 3. The molecule has 3 rings (SSSR count). The molecule has 0 saturated carbocycles. The molecule has 2 aromatic heterocycles. The number of hydrogen-bond acceptors (Lipinski definition) is 5. The zero-order valence-electron chi connectivity index (χ0n) is 12.8. The summed E-state index contributed by atoms with van der Waals surface area (Å²) in [5, 5.41) is 6.79. The Balaban J connectivity index is 1.76. The molecule has 5 nitrogen and oxygen atoms in total. The first-order valence-corrected chi connectivity index (χ1v) is 7.84. The van der Waals surface area contributed by atoms with E-state index < -0.39 is 0 Å². The molecule has 0 unspecified atom stereocenters. The molecular weight excluding hydrogens is 310 g/mol. The van der Waals surface area contributed by atoms with Gasteiger partial charge in [0.25, 0.3) is 0 Å². The van der Waals surface area contributed by atoms with Gasteiger partial charge in [0, 0.05) is 24.2 Å². The first kappa shape index (κ1) is 15.2. The summed E-state index contributed by atoms with van der Waals surface area (Å²) >= 11 is 1.53. The number of ketones is 1. The van der Waals surface area contributed by atoms with Crippen LogP contribution < -0.4 is 4.74 Å². The van der Waals surface area contributed by atoms with Crippen molar-refractivity contribution in [2.45, 2.75) is 0 Å². The van der Waals surface area contributed by atoms with Crippen LogP contribution in [0, 0.1) is 0 Å². The van der Waals surface area contributed by atoms with E-state index in [4.69, 9.17) is 4.74 Å². The highest BCUT2D eigenvalue weighted by molar-refractivity contribution is 7.13. The minimum absolute atomic E-state index is 0.0889. The van der Waals surface area contributed by atoms with Crippen molar-refractivity contribution in [2.24, 2.45) is 7.05 Å². The Bertz CT molecular complexity index is 864. The number of methoxy groups -OCH3 is 1. The molecule has 0 amide bonds. The van der Waals surface area contributed by atoms with Crippen LogP contribution >= 0.6 is 11.3 Å². The fourth-order valence-corrected chi connectivity index (χ4v) is 2.84. The van der Waals surface area contributed by atoms with Gasteiger partial charge < -0.3 is 4.74 Å². The molecule has 6 heteroatoms. The monoisotopic (exact) mass is 325 g/mol. The van der Waals surface area contributed by atoms with Crippen LogP contribution in [0.5, 0.6) is 5.75 Å². The molecule has 0 spiro atoms. The maximum Gasteiger partial charge on any atom is 0.189 e. The molecule has 0 N–H and O–H groups in total. The van der Waals surface area contributed by atoms with Crippen molar-refractivity contribution in [1.29, 1.82) is 0 Å². The normalized spacial score (nSPS) is 11.0. The van der Waals surface area contributed by atoms with E-state index >= 15 is 0 Å². The number of benzene rings is 1. The number of nitrogens with zero attached hydrogens (tertiary/aromatic N) is 3. The molecule has 0 bridgehead atoms. The Morgan fingerprint density at radius 1 is 1.39 bits per heavy atom. The van der Waals surface area contributed by atoms with E-state index in [1.165, 1.54) is 17.4 Å². The Morgan fingerprint density at radius 2 is 2.26 bits per heavy atom. The number of aryl methyl sites for hydroxylation is 1. The van der Waals surface area contributed by atoms with Gasteiger partial charge in [0.05, 0.1) is 24.6 Å². The molecule has 0 radical (unpaired) electrons. The third-order valence-electron chi connectivity index (χ3n) is 3.23. The summed E-state index contributed by atoms with van der Waals surface area (Å²) in [6.45, 7) is 0. The smallest absolute Gasteiger partial charge is 0.189 e. The average molecular weight is 325 g/mol. The Hall–Kier alpha value is -2.73. The molecule has 0 atom stereocenters. The van der Waals surface area contributed by atoms with E-state index in [-0.39, 0.29) is 5.78 Å². The molecule has 2 heterocycles. The molecule has 0 saturated heterocycles. The number of allylic oxidation sites excluding steroid dienone is 1. The predicted molar refractivity (Wildman–Crippen MR) is 90.7 cm³/mol. The summed E-state index contributed by atoms with van der Waals surface area (Å²) in [5.41, 5.74) is 2.31. The SMILES string of the molecule is COc1cccc(-c2nc(/C=C/C(=O)c3cnn(C)c3)cs2)c1. The second-order valence-electron chi connectivity index (χ2n) is 4.91. The highest BCUT2D eigenvalue weighted by Gasteiger charge is 2.06. The van der Waals surface area contributed by atoms with Gasteiger partial charge in [-0.3, -0.25) is 9.48 Å². The second kappa shape index (κ2) is 6.58. The number of carbonyl (C=O) groups excluding carboxylic acids is 1. The van der Waals surface area contributed by atoms with E-state index in [9.17, 15) is 4.79 Å². The standard InChI is InChI=1S/C17H15N3O2S/c1-20-10-13(9-18-20)16(21)7-6-14-11-23-17(19-14)12-4-3-5-15(8-12)22-2/h3-11H,1-2H3/b7-6+. The van der Waals surface area contributed by atoms with Crippen LogP contribution in [0.2, 0.25) is 0 Å². The maximum atomic E-state index is 12.0. The molecule has 23 heavy (non-hydrogen) atoms. The van der Waals surface area contributed by atoms with Gasteiger partial charge in [-0.1, -0.05) is 12.1 Å². The third-order valence-corrected chi connectivity index (χ3v) is 4.14. The Morgan fingerprint density at radius 3 is 3.00 bits per heavy atom. The van der Waals surface area contributed by atoms with Gasteiger partial charge in [0.2, 0.25) is 0 Å². The molecule has 1 aromatic carbocycles. The quantitative estimate of drug-likeness (QED) is 0.532. The number of hydrogen-bond donors (Lipinski definition) is 0. The summed E-state index contributed by atoms with van der Waals surface area (Å²) in [4.78, 5) is 16.5. The lowest BCUT2D eigenvalue weighted by molar-refractivity contribution is 0.104. The van der Waals surface area contributed by atoms with E-state index in [2.05, 4.69) is 10.1 Å². The van der Waals surface area contributed by atoms with Crippen LogP contribution in [0.1, 0.15) is 16.1 Å². The van der Waals surface area contributed by atoms with Gasteiger partial charge in [-0.25, -0.2) is 4.98 Å². The van der Waals surface area contributed by atoms with Gasteiger partial charge in [0.15, 0.2) is 5.78 Å². The van der Waals surface area contributed by atoms with Crippen LogP contribution in [-0.4, -0.2) is 27.7 Å². The Kier molecular flexibility index (Phi) is 4.34. The van der Waals surface area contributed by atoms with Crippen molar-refractivity contribution in [3.8, 4) is 16.3 Å². The lowest BCUT2D eigenvalue weighted by Crippen LogP contribution is -1.91. The topological polar surface area (TPSA) is 57.0 Å². The first-order chi connectivity index (χ1) is 11.2. The minimum Gasteiger partial charge on any atom is -0.497 e. The number of thiazole rings is 1. The van der Waals surface area contributed by atoms with E-state index in [1.54, 1.807) is 37.3 Å². The Labute approximate surface area is 137 Å². The van der Waals surface area contributed by atoms with Crippen molar-refractivity contribution in [1.82, 2.24) is 14.8 Å². The van der Waals surface area contributed by atoms with Gasteiger partial charge in [-0.05, 0) is 24.3 Å². The summed E-state index contributed by atoms with van der Waals surface area (Å²) in [5.74, 6) is 0.704. The molecule has 3 aromatic rings. The number of carbonyl (C=O) groups is 1. The van der Waals surface area contributed by atoms with Gasteiger partial charge in [0.1, 0.15) is 10.8 Å². The summed E-state index contributed by atoms with van der Waals surface area (Å²) in [6.07, 6.45) is 6.47. The van der Waals surface area contributed by atoms with Gasteiger partial charge in [-0.15, -0.1) is 11.3 Å². The van der Waals surface area contributed by atoms with Gasteiger partial charge in [-0.2, -0.15) is 5.10 Å². The summed E-state index contributed by atoms with van der Waals surface area (Å²) in [7, 11) is 3.42. The van der Waals surface area contributed by atoms with Crippen LogP contribution in [0.4, 0.5) is 0 Å². The van der Waals surface area contributed by atoms with E-state index in [1.807, 2.05) is 29.6 Å². The summed E-state index contributed by atoms with van der Waals surface area (Å²) in [6, 6.07) is 7.74. The molecule has 116 valence electrons. The molecular formula is C17H15N3O2S. The van der Waals surface area contributed by atoms with Crippen LogP contribution in [0.3, 0.4) is 0 Å². The lowest BCUT2D eigenvalue weighted by Gasteiger charge is -2.00. The van der Waals surface area contributed by atoms with Crippen molar-refractivity contribution in [2.75, 3.05) is 7.11 Å². The highest BCUT2D eigenvalue weighted by atomic mass is 32.1. The second-order valence-corrected chi connectivity index (χ2v) is 5.77. The molecule has 0 aliphatic rings. The molecule has 0 aliphatic carbocycles. The number of ether oxygens (including phenoxy) is 1. The molecule has 0 fully saturated rings. The fourth-order valence-electron chi connectivity index (χ4n) is 2.06. The third kappa shape index (κ3) is 3.54.